The summed E-state index contributed by atoms with van der Waals surface area (Å²) in [5.41, 5.74) is 0.767. The maximum atomic E-state index is 11.7. The Bertz CT molecular complexity index is 610. The fourth-order valence-electron chi connectivity index (χ4n) is 1.24. The average Bonchev–Trinajstić information content (AvgIpc) is 2.83. The first kappa shape index (κ1) is 13.6. The number of thiophene rings is 1. The van der Waals surface area contributed by atoms with Gasteiger partial charge in [0.2, 0.25) is 5.78 Å². The topological polar surface area (TPSA) is 69.2 Å². The number of Topliss-reactive ketones (excluding diaryl/α,β-unsaturated/α-hetero) is 1. The van der Waals surface area contributed by atoms with Crippen LogP contribution in [0.4, 0.5) is 0 Å². The fourth-order valence-corrected chi connectivity index (χ4v) is 2.21. The van der Waals surface area contributed by atoms with E-state index < -0.39 is 5.97 Å². The van der Waals surface area contributed by atoms with Gasteiger partial charge in [0, 0.05) is 6.20 Å². The summed E-state index contributed by atoms with van der Waals surface area (Å²) >= 11 is 6.86. The highest BCUT2D eigenvalue weighted by Crippen LogP contribution is 2.21. The van der Waals surface area contributed by atoms with E-state index in [0.29, 0.717) is 14.9 Å². The highest BCUT2D eigenvalue weighted by atomic mass is 35.5. The van der Waals surface area contributed by atoms with Crippen molar-refractivity contribution in [2.75, 3.05) is 6.61 Å². The van der Waals surface area contributed by atoms with Gasteiger partial charge in [-0.2, -0.15) is 0 Å². The molecule has 0 aliphatic carbocycles. The second-order valence-electron chi connectivity index (χ2n) is 3.65. The van der Waals surface area contributed by atoms with Gasteiger partial charge in [0.05, 0.1) is 21.1 Å². The maximum absolute atomic E-state index is 11.7. The number of hydrogen-bond acceptors (Lipinski definition) is 6. The van der Waals surface area contributed by atoms with Gasteiger partial charge in [0.1, 0.15) is 0 Å². The molecule has 0 amide bonds. The number of ketones is 1. The van der Waals surface area contributed by atoms with E-state index in [1.54, 1.807) is 19.1 Å². The molecule has 0 atom stereocenters. The molecular formula is C12H9ClN2O3S. The quantitative estimate of drug-likeness (QED) is 0.640. The molecule has 0 unspecified atom stereocenters. The van der Waals surface area contributed by atoms with Crippen molar-refractivity contribution in [1.82, 2.24) is 9.97 Å². The molecule has 7 heteroatoms. The van der Waals surface area contributed by atoms with Crippen molar-refractivity contribution < 1.29 is 14.3 Å². The van der Waals surface area contributed by atoms with Crippen LogP contribution in [-0.2, 0) is 4.74 Å². The Hall–Kier alpha value is -1.79. The third kappa shape index (κ3) is 3.59. The van der Waals surface area contributed by atoms with Crippen LogP contribution in [0.1, 0.15) is 25.9 Å². The van der Waals surface area contributed by atoms with E-state index in [-0.39, 0.29) is 18.1 Å². The van der Waals surface area contributed by atoms with Crippen LogP contribution in [0.15, 0.2) is 24.5 Å². The fraction of sp³-hybridized carbons (Fsp3) is 0.167. The van der Waals surface area contributed by atoms with Crippen LogP contribution in [0.25, 0.3) is 0 Å². The number of esters is 1. The lowest BCUT2D eigenvalue weighted by Gasteiger charge is -2.02. The Balaban J connectivity index is 1.93. The molecule has 0 fully saturated rings. The molecule has 2 aromatic rings. The van der Waals surface area contributed by atoms with Gasteiger partial charge in [-0.3, -0.25) is 9.78 Å². The van der Waals surface area contributed by atoms with Crippen LogP contribution < -0.4 is 0 Å². The zero-order valence-corrected chi connectivity index (χ0v) is 11.5. The van der Waals surface area contributed by atoms with Crippen LogP contribution in [0.2, 0.25) is 4.34 Å². The van der Waals surface area contributed by atoms with Crippen molar-refractivity contribution in [1.29, 1.82) is 0 Å². The summed E-state index contributed by atoms with van der Waals surface area (Å²) in [6, 6.07) is 3.21. The third-order valence-corrected chi connectivity index (χ3v) is 3.44. The first-order valence-electron chi connectivity index (χ1n) is 5.30. The zero-order chi connectivity index (χ0) is 13.8. The number of nitrogens with zero attached hydrogens (tertiary/aromatic N) is 2. The maximum Gasteiger partial charge on any atom is 0.358 e. The number of carbonyl (C=O) groups is 2. The molecule has 2 heterocycles. The number of aromatic nitrogens is 2. The highest BCUT2D eigenvalue weighted by Gasteiger charge is 2.14. The highest BCUT2D eigenvalue weighted by molar-refractivity contribution is 7.18. The Morgan fingerprint density at radius 2 is 2.11 bits per heavy atom. The standard InChI is InChI=1S/C12H9ClN2O3S/c1-7-4-15-8(5-14-7)12(17)18-6-9(16)10-2-3-11(13)19-10/h2-5H,6H2,1H3. The van der Waals surface area contributed by atoms with E-state index in [1.165, 1.54) is 12.4 Å². The summed E-state index contributed by atoms with van der Waals surface area (Å²) < 4.78 is 5.38. The van der Waals surface area contributed by atoms with Crippen LogP contribution in [0.5, 0.6) is 0 Å². The minimum atomic E-state index is -0.677. The first-order valence-corrected chi connectivity index (χ1v) is 6.50. The van der Waals surface area contributed by atoms with E-state index in [1.807, 2.05) is 0 Å². The van der Waals surface area contributed by atoms with Crippen LogP contribution >= 0.6 is 22.9 Å². The predicted octanol–water partition coefficient (Wildman–Crippen LogP) is 2.54. The summed E-state index contributed by atoms with van der Waals surface area (Å²) in [6.45, 7) is 1.41. The van der Waals surface area contributed by atoms with Gasteiger partial charge in [-0.15, -0.1) is 11.3 Å². The predicted molar refractivity (Wildman–Crippen MR) is 70.7 cm³/mol. The van der Waals surface area contributed by atoms with E-state index in [4.69, 9.17) is 16.3 Å². The van der Waals surface area contributed by atoms with Gasteiger partial charge in [0.25, 0.3) is 0 Å². The van der Waals surface area contributed by atoms with Crippen LogP contribution in [0.3, 0.4) is 0 Å². The lowest BCUT2D eigenvalue weighted by Crippen LogP contribution is -2.14. The molecule has 0 N–H and O–H groups in total. The van der Waals surface area contributed by atoms with Gasteiger partial charge in [-0.1, -0.05) is 11.6 Å². The molecule has 5 nitrogen and oxygen atoms in total. The molecule has 2 rings (SSSR count). The largest absolute Gasteiger partial charge is 0.452 e. The molecular weight excluding hydrogens is 288 g/mol. The van der Waals surface area contributed by atoms with Gasteiger partial charge < -0.3 is 4.74 Å². The lowest BCUT2D eigenvalue weighted by atomic mass is 10.3. The smallest absolute Gasteiger partial charge is 0.358 e. The molecule has 0 aliphatic rings. The van der Waals surface area contributed by atoms with Crippen molar-refractivity contribution in [3.63, 3.8) is 0 Å². The Labute approximate surface area is 118 Å². The minimum Gasteiger partial charge on any atom is -0.452 e. The van der Waals surface area contributed by atoms with E-state index in [9.17, 15) is 9.59 Å². The second kappa shape index (κ2) is 5.90. The van der Waals surface area contributed by atoms with Gasteiger partial charge in [-0.05, 0) is 19.1 Å². The summed E-state index contributed by atoms with van der Waals surface area (Å²) in [6.07, 6.45) is 2.77. The summed E-state index contributed by atoms with van der Waals surface area (Å²) in [5, 5.41) is 0. The molecule has 0 saturated heterocycles. The first-order chi connectivity index (χ1) is 9.06. The van der Waals surface area contributed by atoms with Gasteiger partial charge in [-0.25, -0.2) is 9.78 Å². The second-order valence-corrected chi connectivity index (χ2v) is 5.36. The Morgan fingerprint density at radius 1 is 1.32 bits per heavy atom. The lowest BCUT2D eigenvalue weighted by molar-refractivity contribution is 0.0469. The summed E-state index contributed by atoms with van der Waals surface area (Å²) in [5.74, 6) is -0.978. The van der Waals surface area contributed by atoms with Crippen LogP contribution in [-0.4, -0.2) is 28.3 Å². The summed E-state index contributed by atoms with van der Waals surface area (Å²) in [4.78, 5) is 31.5. The molecule has 0 spiro atoms. The molecule has 0 bridgehead atoms. The third-order valence-electron chi connectivity index (χ3n) is 2.17. The van der Waals surface area contributed by atoms with E-state index in [0.717, 1.165) is 11.3 Å². The van der Waals surface area contributed by atoms with Gasteiger partial charge in [0.15, 0.2) is 12.3 Å². The number of aryl methyl sites for hydroxylation is 1. The number of ether oxygens (including phenoxy) is 1. The Kier molecular flexibility index (Phi) is 4.24. The van der Waals surface area contributed by atoms with E-state index in [2.05, 4.69) is 9.97 Å². The molecule has 0 saturated carbocycles. The van der Waals surface area contributed by atoms with Gasteiger partial charge >= 0.3 is 5.97 Å². The zero-order valence-electron chi connectivity index (χ0n) is 9.92. The van der Waals surface area contributed by atoms with Crippen LogP contribution in [0, 0.1) is 6.92 Å². The van der Waals surface area contributed by atoms with Crippen molar-refractivity contribution in [3.8, 4) is 0 Å². The van der Waals surface area contributed by atoms with Crippen molar-refractivity contribution >= 4 is 34.7 Å². The SMILES string of the molecule is Cc1cnc(C(=O)OCC(=O)c2ccc(Cl)s2)cn1. The molecule has 19 heavy (non-hydrogen) atoms. The number of rotatable bonds is 4. The number of halogens is 1. The number of hydrogen-bond donors (Lipinski definition) is 0. The van der Waals surface area contributed by atoms with Crippen molar-refractivity contribution in [3.05, 3.63) is 45.1 Å². The van der Waals surface area contributed by atoms with Crippen molar-refractivity contribution in [2.45, 2.75) is 6.92 Å². The average molecular weight is 297 g/mol. The number of carbonyl (C=O) groups excluding carboxylic acids is 2. The summed E-state index contributed by atoms with van der Waals surface area (Å²) in [7, 11) is 0. The molecule has 0 aliphatic heterocycles. The minimum absolute atomic E-state index is 0.0719. The van der Waals surface area contributed by atoms with E-state index >= 15 is 0 Å². The molecule has 2 aromatic heterocycles. The Morgan fingerprint density at radius 3 is 2.68 bits per heavy atom. The monoisotopic (exact) mass is 296 g/mol. The molecule has 0 aromatic carbocycles. The molecule has 98 valence electrons. The molecule has 0 radical (unpaired) electrons. The normalized spacial score (nSPS) is 10.2. The van der Waals surface area contributed by atoms with Crippen molar-refractivity contribution in [2.24, 2.45) is 0 Å².